The molecule has 1 amide bonds. The fourth-order valence-corrected chi connectivity index (χ4v) is 4.47. The molecule has 1 saturated heterocycles. The minimum Gasteiger partial charge on any atom is -0.504 e. The van der Waals surface area contributed by atoms with Gasteiger partial charge in [-0.3, -0.25) is 9.69 Å². The Hall–Kier alpha value is -2.38. The molecule has 1 fully saturated rings. The first-order chi connectivity index (χ1) is 13.2. The lowest BCUT2D eigenvalue weighted by molar-refractivity contribution is -0.134. The largest absolute Gasteiger partial charge is 0.504 e. The summed E-state index contributed by atoms with van der Waals surface area (Å²) in [6.45, 7) is 2.27. The normalized spacial score (nSPS) is 20.1. The van der Waals surface area contributed by atoms with Crippen molar-refractivity contribution in [1.82, 2.24) is 9.91 Å². The molecule has 0 spiro atoms. The van der Waals surface area contributed by atoms with E-state index in [0.717, 1.165) is 36.5 Å². The molecule has 7 heteroatoms. The molecule has 3 heterocycles. The van der Waals surface area contributed by atoms with Crippen molar-refractivity contribution >= 4 is 23.0 Å². The van der Waals surface area contributed by atoms with E-state index in [1.54, 1.807) is 22.4 Å². The molecular weight excluding hydrogens is 362 g/mol. The minimum atomic E-state index is -0.327. The van der Waals surface area contributed by atoms with Crippen LogP contribution < -0.4 is 4.74 Å². The molecular formula is C20H23N3O3S. The second-order valence-electron chi connectivity index (χ2n) is 6.86. The fraction of sp³-hybridized carbons (Fsp3) is 0.400. The summed E-state index contributed by atoms with van der Waals surface area (Å²) >= 11 is 1.61. The first kappa shape index (κ1) is 18.0. The van der Waals surface area contributed by atoms with Crippen LogP contribution in [0.3, 0.4) is 0 Å². The van der Waals surface area contributed by atoms with Gasteiger partial charge in [-0.2, -0.15) is 5.10 Å². The van der Waals surface area contributed by atoms with Crippen LogP contribution >= 0.6 is 11.3 Å². The van der Waals surface area contributed by atoms with Crippen molar-refractivity contribution in [3.8, 4) is 11.5 Å². The van der Waals surface area contributed by atoms with Gasteiger partial charge >= 0.3 is 0 Å². The van der Waals surface area contributed by atoms with Gasteiger partial charge in [0.15, 0.2) is 11.5 Å². The molecule has 4 rings (SSSR count). The number of likely N-dealkylation sites (tertiary alicyclic amines) is 1. The van der Waals surface area contributed by atoms with E-state index in [4.69, 9.17) is 4.74 Å². The Morgan fingerprint density at radius 3 is 2.81 bits per heavy atom. The van der Waals surface area contributed by atoms with Crippen molar-refractivity contribution in [2.45, 2.75) is 25.3 Å². The Kier molecular flexibility index (Phi) is 5.13. The maximum absolute atomic E-state index is 13.0. The number of carbonyl (C=O) groups excluding carboxylic acids is 1. The monoisotopic (exact) mass is 385 g/mol. The number of nitrogens with zero attached hydrogens (tertiary/aromatic N) is 3. The van der Waals surface area contributed by atoms with Crippen LogP contribution in [-0.2, 0) is 4.79 Å². The standard InChI is InChI=1S/C20H23N3O3S/c1-26-17-7-4-6-14(20(17)25)16-12-15(18-8-5-11-27-18)21-23(16)19(24)13-22-9-2-3-10-22/h4-8,11,16,25H,2-3,9-10,12-13H2,1H3. The van der Waals surface area contributed by atoms with E-state index in [9.17, 15) is 9.90 Å². The van der Waals surface area contributed by atoms with Crippen LogP contribution in [0, 0.1) is 0 Å². The molecule has 1 atom stereocenters. The third kappa shape index (κ3) is 3.57. The lowest BCUT2D eigenvalue weighted by atomic mass is 9.99. The molecule has 142 valence electrons. The summed E-state index contributed by atoms with van der Waals surface area (Å²) < 4.78 is 5.25. The highest BCUT2D eigenvalue weighted by Gasteiger charge is 2.36. The van der Waals surface area contributed by atoms with E-state index < -0.39 is 0 Å². The number of phenols is 1. The van der Waals surface area contributed by atoms with Gasteiger partial charge in [-0.25, -0.2) is 5.01 Å². The summed E-state index contributed by atoms with van der Waals surface area (Å²) in [5.74, 6) is 0.450. The van der Waals surface area contributed by atoms with Crippen LogP contribution in [-0.4, -0.2) is 53.4 Å². The summed E-state index contributed by atoms with van der Waals surface area (Å²) in [4.78, 5) is 16.3. The zero-order valence-corrected chi connectivity index (χ0v) is 16.1. The number of hydrazone groups is 1. The minimum absolute atomic E-state index is 0.0318. The maximum Gasteiger partial charge on any atom is 0.257 e. The van der Waals surface area contributed by atoms with Crippen LogP contribution in [0.4, 0.5) is 0 Å². The number of thiophene rings is 1. The summed E-state index contributed by atoms with van der Waals surface area (Å²) in [5, 5.41) is 18.8. The Morgan fingerprint density at radius 2 is 2.11 bits per heavy atom. The average molecular weight is 385 g/mol. The van der Waals surface area contributed by atoms with E-state index in [-0.39, 0.29) is 17.7 Å². The van der Waals surface area contributed by atoms with Crippen molar-refractivity contribution in [2.24, 2.45) is 5.10 Å². The van der Waals surface area contributed by atoms with Crippen molar-refractivity contribution in [1.29, 1.82) is 0 Å². The Bertz CT molecular complexity index is 844. The summed E-state index contributed by atoms with van der Waals surface area (Å²) in [6, 6.07) is 9.05. The highest BCUT2D eigenvalue weighted by molar-refractivity contribution is 7.12. The first-order valence-electron chi connectivity index (χ1n) is 9.19. The first-order valence-corrected chi connectivity index (χ1v) is 10.1. The maximum atomic E-state index is 13.0. The molecule has 1 unspecified atom stereocenters. The van der Waals surface area contributed by atoms with Gasteiger partial charge in [0, 0.05) is 12.0 Å². The lowest BCUT2D eigenvalue weighted by Gasteiger charge is -2.25. The molecule has 1 N–H and O–H groups in total. The van der Waals surface area contributed by atoms with Crippen molar-refractivity contribution in [3.63, 3.8) is 0 Å². The van der Waals surface area contributed by atoms with Crippen LogP contribution in [0.2, 0.25) is 0 Å². The molecule has 0 bridgehead atoms. The van der Waals surface area contributed by atoms with Gasteiger partial charge in [0.25, 0.3) is 5.91 Å². The van der Waals surface area contributed by atoms with Crippen LogP contribution in [0.25, 0.3) is 0 Å². The number of hydrogen-bond donors (Lipinski definition) is 1. The van der Waals surface area contributed by atoms with Gasteiger partial charge in [-0.15, -0.1) is 11.3 Å². The molecule has 2 aliphatic heterocycles. The van der Waals surface area contributed by atoms with Crippen LogP contribution in [0.15, 0.2) is 40.8 Å². The predicted molar refractivity (Wildman–Crippen MR) is 105 cm³/mol. The average Bonchev–Trinajstić information content (AvgIpc) is 3.42. The highest BCUT2D eigenvalue weighted by Crippen LogP contribution is 2.41. The smallest absolute Gasteiger partial charge is 0.257 e. The van der Waals surface area contributed by atoms with E-state index in [2.05, 4.69) is 10.0 Å². The Morgan fingerprint density at radius 1 is 1.30 bits per heavy atom. The zero-order valence-electron chi connectivity index (χ0n) is 15.3. The van der Waals surface area contributed by atoms with Gasteiger partial charge in [0.2, 0.25) is 0 Å². The summed E-state index contributed by atoms with van der Waals surface area (Å²) in [6.07, 6.45) is 2.85. The van der Waals surface area contributed by atoms with Crippen LogP contribution in [0.5, 0.6) is 11.5 Å². The zero-order chi connectivity index (χ0) is 18.8. The third-order valence-corrected chi connectivity index (χ3v) is 6.06. The number of rotatable bonds is 5. The van der Waals surface area contributed by atoms with E-state index in [0.29, 0.717) is 24.3 Å². The van der Waals surface area contributed by atoms with Crippen molar-refractivity contribution in [3.05, 3.63) is 46.2 Å². The number of phenolic OH excluding ortho intramolecular Hbond substituents is 1. The van der Waals surface area contributed by atoms with Crippen molar-refractivity contribution < 1.29 is 14.6 Å². The molecule has 2 aliphatic rings. The summed E-state index contributed by atoms with van der Waals surface area (Å²) in [5.41, 5.74) is 1.55. The molecule has 1 aromatic heterocycles. The van der Waals surface area contributed by atoms with Crippen molar-refractivity contribution in [2.75, 3.05) is 26.7 Å². The number of aromatic hydroxyl groups is 1. The Labute approximate surface area is 162 Å². The topological polar surface area (TPSA) is 65.4 Å². The quantitative estimate of drug-likeness (QED) is 0.858. The van der Waals surface area contributed by atoms with Gasteiger partial charge in [0.05, 0.1) is 30.3 Å². The Balaban J connectivity index is 1.65. The molecule has 0 aliphatic carbocycles. The third-order valence-electron chi connectivity index (χ3n) is 5.14. The molecule has 2 aromatic rings. The number of ether oxygens (including phenoxy) is 1. The molecule has 27 heavy (non-hydrogen) atoms. The van der Waals surface area contributed by atoms with Gasteiger partial charge in [0.1, 0.15) is 0 Å². The number of para-hydroxylation sites is 1. The highest BCUT2D eigenvalue weighted by atomic mass is 32.1. The lowest BCUT2D eigenvalue weighted by Crippen LogP contribution is -2.37. The molecule has 0 radical (unpaired) electrons. The molecule has 0 saturated carbocycles. The molecule has 1 aromatic carbocycles. The van der Waals surface area contributed by atoms with E-state index in [1.165, 1.54) is 7.11 Å². The number of methoxy groups -OCH3 is 1. The van der Waals surface area contributed by atoms with Gasteiger partial charge < -0.3 is 9.84 Å². The number of benzene rings is 1. The predicted octanol–water partition coefficient (Wildman–Crippen LogP) is 3.24. The number of carbonyl (C=O) groups is 1. The second kappa shape index (κ2) is 7.70. The number of amides is 1. The van der Waals surface area contributed by atoms with E-state index in [1.807, 2.05) is 29.6 Å². The van der Waals surface area contributed by atoms with Gasteiger partial charge in [-0.05, 0) is 43.4 Å². The fourth-order valence-electron chi connectivity index (χ4n) is 3.75. The number of hydrogen-bond acceptors (Lipinski definition) is 6. The summed E-state index contributed by atoms with van der Waals surface area (Å²) in [7, 11) is 1.53. The van der Waals surface area contributed by atoms with Crippen LogP contribution in [0.1, 0.15) is 35.7 Å². The second-order valence-corrected chi connectivity index (χ2v) is 7.81. The molecule has 6 nitrogen and oxygen atoms in total. The van der Waals surface area contributed by atoms with Gasteiger partial charge in [-0.1, -0.05) is 18.2 Å². The SMILES string of the molecule is COc1cccc(C2CC(c3cccs3)=NN2C(=O)CN2CCCC2)c1O. The van der Waals surface area contributed by atoms with E-state index >= 15 is 0 Å².